The molecule has 86 valence electrons. The molecule has 3 nitrogen and oxygen atoms in total. The van der Waals surface area contributed by atoms with E-state index in [-0.39, 0.29) is 5.56 Å². The molecule has 0 aliphatic heterocycles. The Kier molecular flexibility index (Phi) is 3.40. The van der Waals surface area contributed by atoms with E-state index in [4.69, 9.17) is 5.11 Å². The van der Waals surface area contributed by atoms with Crippen LogP contribution in [0.4, 0.5) is 5.69 Å². The fourth-order valence-corrected chi connectivity index (χ4v) is 1.61. The van der Waals surface area contributed by atoms with Crippen LogP contribution in [0.2, 0.25) is 0 Å². The molecule has 0 aromatic heterocycles. The van der Waals surface area contributed by atoms with Gasteiger partial charge in [0.25, 0.3) is 0 Å². The molecule has 3 heteroatoms. The van der Waals surface area contributed by atoms with Gasteiger partial charge in [-0.05, 0) is 24.6 Å². The summed E-state index contributed by atoms with van der Waals surface area (Å²) in [5, 5.41) is 12.2. The fraction of sp³-hybridized carbons (Fsp3) is 0.0714. The maximum absolute atomic E-state index is 11.0. The molecule has 1 aliphatic carbocycles. The average molecular weight is 227 g/mol. The fourth-order valence-electron chi connectivity index (χ4n) is 1.61. The first-order valence-electron chi connectivity index (χ1n) is 5.40. The number of benzene rings is 1. The van der Waals surface area contributed by atoms with Crippen LogP contribution in [0.25, 0.3) is 0 Å². The molecule has 1 aliphatic rings. The van der Waals surface area contributed by atoms with E-state index in [1.54, 1.807) is 18.2 Å². The molecule has 1 aromatic carbocycles. The van der Waals surface area contributed by atoms with Crippen LogP contribution in [0.5, 0.6) is 0 Å². The van der Waals surface area contributed by atoms with Crippen molar-refractivity contribution in [2.24, 2.45) is 0 Å². The van der Waals surface area contributed by atoms with Gasteiger partial charge in [-0.15, -0.1) is 0 Å². The van der Waals surface area contributed by atoms with E-state index in [1.807, 2.05) is 36.4 Å². The molecule has 0 unspecified atom stereocenters. The third-order valence-corrected chi connectivity index (χ3v) is 2.43. The maximum atomic E-state index is 11.0. The highest BCUT2D eigenvalue weighted by molar-refractivity contribution is 5.94. The molecule has 0 saturated carbocycles. The average Bonchev–Trinajstić information content (AvgIpc) is 2.58. The predicted molar refractivity (Wildman–Crippen MR) is 68.0 cm³/mol. The van der Waals surface area contributed by atoms with E-state index in [0.29, 0.717) is 5.69 Å². The molecule has 0 bridgehead atoms. The van der Waals surface area contributed by atoms with Crippen LogP contribution in [-0.4, -0.2) is 11.1 Å². The zero-order valence-electron chi connectivity index (χ0n) is 9.26. The van der Waals surface area contributed by atoms with Crippen LogP contribution >= 0.6 is 0 Å². The number of para-hydroxylation sites is 1. The molecule has 0 heterocycles. The Hall–Kier alpha value is -2.29. The highest BCUT2D eigenvalue weighted by Crippen LogP contribution is 2.18. The van der Waals surface area contributed by atoms with E-state index in [2.05, 4.69) is 5.32 Å². The van der Waals surface area contributed by atoms with Crippen molar-refractivity contribution < 1.29 is 9.90 Å². The lowest BCUT2D eigenvalue weighted by Gasteiger charge is -2.09. The van der Waals surface area contributed by atoms with Crippen LogP contribution in [0.3, 0.4) is 0 Å². The minimum Gasteiger partial charge on any atom is -0.478 e. The van der Waals surface area contributed by atoms with Crippen molar-refractivity contribution >= 4 is 11.7 Å². The van der Waals surface area contributed by atoms with E-state index >= 15 is 0 Å². The van der Waals surface area contributed by atoms with Crippen LogP contribution in [0, 0.1) is 0 Å². The largest absolute Gasteiger partial charge is 0.478 e. The van der Waals surface area contributed by atoms with Gasteiger partial charge < -0.3 is 10.4 Å². The number of carboxylic acids is 1. The first-order chi connectivity index (χ1) is 8.27. The Morgan fingerprint density at radius 1 is 1.24 bits per heavy atom. The summed E-state index contributed by atoms with van der Waals surface area (Å²) in [6.45, 7) is 0. The molecule has 17 heavy (non-hydrogen) atoms. The normalized spacial score (nSPS) is 14.0. The summed E-state index contributed by atoms with van der Waals surface area (Å²) >= 11 is 0. The lowest BCUT2D eigenvalue weighted by Crippen LogP contribution is -2.04. The molecule has 0 radical (unpaired) electrons. The van der Waals surface area contributed by atoms with Crippen LogP contribution < -0.4 is 5.32 Å². The SMILES string of the molecule is O=C(O)c1ccccc1NC1=CCC=CC=C1. The number of carboxylic acid groups (broad SMARTS) is 1. The number of allylic oxidation sites excluding steroid dienone is 5. The van der Waals surface area contributed by atoms with Gasteiger partial charge in [-0.2, -0.15) is 0 Å². The molecule has 2 rings (SSSR count). The number of aromatic carboxylic acids is 1. The molecule has 0 spiro atoms. The molecule has 0 amide bonds. The Morgan fingerprint density at radius 3 is 2.88 bits per heavy atom. The quantitative estimate of drug-likeness (QED) is 0.833. The van der Waals surface area contributed by atoms with E-state index in [0.717, 1.165) is 12.1 Å². The number of carbonyl (C=O) groups is 1. The Balaban J connectivity index is 2.24. The molecule has 0 fully saturated rings. The van der Waals surface area contributed by atoms with Crippen molar-refractivity contribution in [3.05, 3.63) is 65.9 Å². The zero-order valence-corrected chi connectivity index (χ0v) is 9.26. The van der Waals surface area contributed by atoms with Gasteiger partial charge in [-0.1, -0.05) is 36.4 Å². The molecule has 0 atom stereocenters. The monoisotopic (exact) mass is 227 g/mol. The van der Waals surface area contributed by atoms with Gasteiger partial charge >= 0.3 is 5.97 Å². The first kappa shape index (κ1) is 11.2. The van der Waals surface area contributed by atoms with Crippen molar-refractivity contribution in [3.63, 3.8) is 0 Å². The number of rotatable bonds is 3. The number of hydrogen-bond donors (Lipinski definition) is 2. The zero-order chi connectivity index (χ0) is 12.1. The van der Waals surface area contributed by atoms with Gasteiger partial charge in [-0.25, -0.2) is 4.79 Å². The summed E-state index contributed by atoms with van der Waals surface area (Å²) in [7, 11) is 0. The minimum atomic E-state index is -0.926. The molecule has 0 saturated heterocycles. The summed E-state index contributed by atoms with van der Waals surface area (Å²) < 4.78 is 0. The highest BCUT2D eigenvalue weighted by atomic mass is 16.4. The summed E-state index contributed by atoms with van der Waals surface area (Å²) in [5.74, 6) is -0.926. The lowest BCUT2D eigenvalue weighted by atomic mass is 10.1. The number of hydrogen-bond acceptors (Lipinski definition) is 2. The van der Waals surface area contributed by atoms with Crippen molar-refractivity contribution in [1.29, 1.82) is 0 Å². The van der Waals surface area contributed by atoms with Crippen LogP contribution in [0.1, 0.15) is 16.8 Å². The highest BCUT2D eigenvalue weighted by Gasteiger charge is 2.08. The Labute approximate surface area is 99.8 Å². The molecule has 1 aromatic rings. The van der Waals surface area contributed by atoms with Gasteiger partial charge in [0.1, 0.15) is 0 Å². The Bertz CT molecular complexity index is 513. The first-order valence-corrected chi connectivity index (χ1v) is 5.40. The van der Waals surface area contributed by atoms with Crippen molar-refractivity contribution in [1.82, 2.24) is 0 Å². The number of nitrogens with one attached hydrogen (secondary N) is 1. The maximum Gasteiger partial charge on any atom is 0.337 e. The smallest absolute Gasteiger partial charge is 0.337 e. The van der Waals surface area contributed by atoms with E-state index in [9.17, 15) is 4.79 Å². The van der Waals surface area contributed by atoms with Crippen molar-refractivity contribution in [2.45, 2.75) is 6.42 Å². The van der Waals surface area contributed by atoms with Crippen molar-refractivity contribution in [3.8, 4) is 0 Å². The second-order valence-corrected chi connectivity index (χ2v) is 3.66. The molecular weight excluding hydrogens is 214 g/mol. The van der Waals surface area contributed by atoms with Crippen molar-refractivity contribution in [2.75, 3.05) is 5.32 Å². The topological polar surface area (TPSA) is 49.3 Å². The summed E-state index contributed by atoms with van der Waals surface area (Å²) in [6.07, 6.45) is 10.7. The van der Waals surface area contributed by atoms with E-state index < -0.39 is 5.97 Å². The van der Waals surface area contributed by atoms with Crippen LogP contribution in [-0.2, 0) is 0 Å². The molecule has 2 N–H and O–H groups in total. The minimum absolute atomic E-state index is 0.277. The van der Waals surface area contributed by atoms with Gasteiger partial charge in [0, 0.05) is 5.70 Å². The second kappa shape index (κ2) is 5.16. The van der Waals surface area contributed by atoms with E-state index in [1.165, 1.54) is 0 Å². The summed E-state index contributed by atoms with van der Waals surface area (Å²) in [6, 6.07) is 6.88. The Morgan fingerprint density at radius 2 is 2.06 bits per heavy atom. The van der Waals surface area contributed by atoms with Gasteiger partial charge in [0.15, 0.2) is 0 Å². The third-order valence-electron chi connectivity index (χ3n) is 2.43. The third kappa shape index (κ3) is 2.84. The number of anilines is 1. The van der Waals surface area contributed by atoms with Gasteiger partial charge in [-0.3, -0.25) is 0 Å². The van der Waals surface area contributed by atoms with Crippen LogP contribution in [0.15, 0.2) is 60.3 Å². The summed E-state index contributed by atoms with van der Waals surface area (Å²) in [4.78, 5) is 11.0. The standard InChI is InChI=1S/C14H13NO2/c16-14(17)12-9-5-6-10-13(12)15-11-7-3-1-2-4-8-11/h1-3,5-10,15H,4H2,(H,16,17). The molecular formula is C14H13NO2. The summed E-state index contributed by atoms with van der Waals surface area (Å²) in [5.41, 5.74) is 1.79. The van der Waals surface area contributed by atoms with Gasteiger partial charge in [0.05, 0.1) is 11.3 Å². The predicted octanol–water partition coefficient (Wildman–Crippen LogP) is 3.20. The second-order valence-electron chi connectivity index (χ2n) is 3.66. The van der Waals surface area contributed by atoms with Gasteiger partial charge in [0.2, 0.25) is 0 Å². The lowest BCUT2D eigenvalue weighted by molar-refractivity contribution is 0.0698.